The molecule has 0 aliphatic heterocycles. The Morgan fingerprint density at radius 3 is 2.72 bits per heavy atom. The normalized spacial score (nSPS) is 11.3. The summed E-state index contributed by atoms with van der Waals surface area (Å²) in [7, 11) is 0. The highest BCUT2D eigenvalue weighted by molar-refractivity contribution is 6.13. The van der Waals surface area contributed by atoms with Gasteiger partial charge in [0.1, 0.15) is 22.5 Å². The molecule has 1 aromatic carbocycles. The second-order valence-electron chi connectivity index (χ2n) is 6.96. The van der Waals surface area contributed by atoms with E-state index in [1.54, 1.807) is 13.0 Å². The zero-order valence-corrected chi connectivity index (χ0v) is 16.3. The average molecular weight is 438 g/mol. The van der Waals surface area contributed by atoms with Crippen LogP contribution in [0, 0.1) is 18.6 Å². The van der Waals surface area contributed by atoms with E-state index in [9.17, 15) is 23.8 Å². The molecule has 160 valence electrons. The molecule has 0 saturated carbocycles. The van der Waals surface area contributed by atoms with Gasteiger partial charge in [-0.1, -0.05) is 0 Å². The summed E-state index contributed by atoms with van der Waals surface area (Å²) in [5.41, 5.74) is 0.332. The number of nitrogens with zero attached hydrogens (tertiary/aromatic N) is 3. The van der Waals surface area contributed by atoms with Crippen LogP contribution in [0.25, 0.3) is 28.4 Å². The lowest BCUT2D eigenvalue weighted by Crippen LogP contribution is -2.17. The minimum absolute atomic E-state index is 0.00320. The molecule has 0 unspecified atom stereocenters. The van der Waals surface area contributed by atoms with Crippen LogP contribution in [0.15, 0.2) is 47.3 Å². The summed E-state index contributed by atoms with van der Waals surface area (Å²) in [6, 6.07) is 5.88. The van der Waals surface area contributed by atoms with Crippen LogP contribution in [0.4, 0.5) is 8.78 Å². The van der Waals surface area contributed by atoms with Crippen LogP contribution < -0.4 is 4.98 Å². The molecule has 0 aliphatic carbocycles. The Balaban J connectivity index is 1.83. The molecule has 0 spiro atoms. The number of furan rings is 1. The van der Waals surface area contributed by atoms with Crippen LogP contribution in [0.5, 0.6) is 11.6 Å². The minimum Gasteiger partial charge on any atom is -0.501 e. The maximum atomic E-state index is 14.1. The molecule has 0 saturated heterocycles. The molecule has 0 aliphatic rings. The SMILES string of the molecule is Cc1ccc(C(=O)c2c(O)c(O)n(-c3nc4nc[nH]c4c[nH+]3)c2-c2ccc(F)c(F)c2)o1. The number of rotatable bonds is 4. The number of H-pyrrole nitrogens is 2. The van der Waals surface area contributed by atoms with Crippen LogP contribution in [0.2, 0.25) is 0 Å². The zero-order valence-electron chi connectivity index (χ0n) is 16.3. The van der Waals surface area contributed by atoms with Crippen molar-refractivity contribution in [1.82, 2.24) is 19.5 Å². The van der Waals surface area contributed by atoms with Gasteiger partial charge in [-0.05, 0) is 42.2 Å². The number of ketones is 1. The van der Waals surface area contributed by atoms with Crippen molar-refractivity contribution in [2.24, 2.45) is 0 Å². The average Bonchev–Trinajstić information content (AvgIpc) is 3.48. The van der Waals surface area contributed by atoms with Gasteiger partial charge in [0.2, 0.25) is 11.5 Å². The van der Waals surface area contributed by atoms with Crippen LogP contribution in [0.1, 0.15) is 21.9 Å². The first-order valence-electron chi connectivity index (χ1n) is 9.30. The van der Waals surface area contributed by atoms with Crippen LogP contribution >= 0.6 is 0 Å². The molecule has 5 aromatic rings. The van der Waals surface area contributed by atoms with Gasteiger partial charge in [-0.15, -0.1) is 0 Å². The maximum absolute atomic E-state index is 14.1. The summed E-state index contributed by atoms with van der Waals surface area (Å²) in [6.45, 7) is 1.63. The smallest absolute Gasteiger partial charge is 0.406 e. The first-order valence-corrected chi connectivity index (χ1v) is 9.30. The van der Waals surface area contributed by atoms with Crippen molar-refractivity contribution >= 4 is 16.9 Å². The highest BCUT2D eigenvalue weighted by atomic mass is 19.2. The maximum Gasteiger partial charge on any atom is 0.406 e. The molecule has 0 atom stereocenters. The Bertz CT molecular complexity index is 1520. The molecule has 0 bridgehead atoms. The number of hydrogen-bond acceptors (Lipinski definition) is 6. The van der Waals surface area contributed by atoms with Gasteiger partial charge < -0.3 is 19.6 Å². The number of benzene rings is 1. The van der Waals surface area contributed by atoms with E-state index in [0.717, 1.165) is 16.7 Å². The molecular weight excluding hydrogens is 424 g/mol. The first kappa shape index (κ1) is 19.4. The number of aromatic hydroxyl groups is 2. The molecule has 4 heterocycles. The van der Waals surface area contributed by atoms with Gasteiger partial charge in [-0.25, -0.2) is 18.7 Å². The second-order valence-corrected chi connectivity index (χ2v) is 6.96. The monoisotopic (exact) mass is 438 g/mol. The minimum atomic E-state index is -1.18. The third-order valence-electron chi connectivity index (χ3n) is 4.92. The van der Waals surface area contributed by atoms with E-state index in [2.05, 4.69) is 19.9 Å². The third-order valence-corrected chi connectivity index (χ3v) is 4.92. The molecule has 5 rings (SSSR count). The number of halogens is 2. The number of fused-ring (bicyclic) bond motifs is 1. The van der Waals surface area contributed by atoms with Crippen LogP contribution in [-0.2, 0) is 0 Å². The molecule has 4 N–H and O–H groups in total. The Hall–Kier alpha value is -4.54. The van der Waals surface area contributed by atoms with E-state index >= 15 is 0 Å². The van der Waals surface area contributed by atoms with Gasteiger partial charge in [0.15, 0.2) is 17.4 Å². The number of carbonyl (C=O) groups is 1. The summed E-state index contributed by atoms with van der Waals surface area (Å²) < 4.78 is 34.1. The lowest BCUT2D eigenvalue weighted by atomic mass is 10.0. The van der Waals surface area contributed by atoms with Gasteiger partial charge in [0.25, 0.3) is 5.65 Å². The number of hydrogen-bond donors (Lipinski definition) is 3. The highest BCUT2D eigenvalue weighted by Crippen LogP contribution is 2.43. The predicted octanol–water partition coefficient (Wildman–Crippen LogP) is 3.05. The summed E-state index contributed by atoms with van der Waals surface area (Å²) in [6.07, 6.45) is 2.92. The fourth-order valence-corrected chi connectivity index (χ4v) is 3.44. The Kier molecular flexibility index (Phi) is 4.26. The summed E-state index contributed by atoms with van der Waals surface area (Å²) in [4.78, 5) is 27.2. The number of aromatic amines is 2. The summed E-state index contributed by atoms with van der Waals surface area (Å²) in [5, 5.41) is 21.4. The Morgan fingerprint density at radius 2 is 2.00 bits per heavy atom. The third kappa shape index (κ3) is 2.90. The molecule has 0 amide bonds. The highest BCUT2D eigenvalue weighted by Gasteiger charge is 2.36. The molecule has 11 heteroatoms. The number of aryl methyl sites for hydroxylation is 1. The lowest BCUT2D eigenvalue weighted by molar-refractivity contribution is -0.375. The molecule has 32 heavy (non-hydrogen) atoms. The van der Waals surface area contributed by atoms with Crippen molar-refractivity contribution < 1.29 is 33.2 Å². The van der Waals surface area contributed by atoms with Gasteiger partial charge in [0, 0.05) is 5.56 Å². The fraction of sp³-hybridized carbons (Fsp3) is 0.0476. The molecular formula is C21H14F2N5O4+. The Labute approximate surface area is 177 Å². The van der Waals surface area contributed by atoms with E-state index in [1.165, 1.54) is 24.7 Å². The van der Waals surface area contributed by atoms with E-state index < -0.39 is 29.0 Å². The van der Waals surface area contributed by atoms with E-state index in [-0.39, 0.29) is 34.2 Å². The largest absolute Gasteiger partial charge is 0.501 e. The van der Waals surface area contributed by atoms with Crippen molar-refractivity contribution in [2.75, 3.05) is 0 Å². The topological polar surface area (TPSA) is 131 Å². The summed E-state index contributed by atoms with van der Waals surface area (Å²) in [5.74, 6) is -4.27. The molecule has 0 radical (unpaired) electrons. The zero-order chi connectivity index (χ0) is 22.6. The van der Waals surface area contributed by atoms with E-state index in [4.69, 9.17) is 4.42 Å². The Morgan fingerprint density at radius 1 is 1.19 bits per heavy atom. The van der Waals surface area contributed by atoms with Gasteiger partial charge in [0.05, 0.1) is 12.5 Å². The second kappa shape index (κ2) is 7.01. The number of imidazole rings is 1. The molecule has 0 fully saturated rings. The van der Waals surface area contributed by atoms with E-state index in [0.29, 0.717) is 11.3 Å². The lowest BCUT2D eigenvalue weighted by Gasteiger charge is -2.05. The van der Waals surface area contributed by atoms with E-state index in [1.807, 2.05) is 0 Å². The number of nitrogens with one attached hydrogen (secondary N) is 2. The van der Waals surface area contributed by atoms with Crippen molar-refractivity contribution in [3.05, 3.63) is 71.6 Å². The van der Waals surface area contributed by atoms with Gasteiger partial charge in [-0.3, -0.25) is 4.79 Å². The van der Waals surface area contributed by atoms with Gasteiger partial charge >= 0.3 is 11.8 Å². The quantitative estimate of drug-likeness (QED) is 0.370. The van der Waals surface area contributed by atoms with Crippen molar-refractivity contribution in [3.63, 3.8) is 0 Å². The molecule has 4 aromatic heterocycles. The number of aromatic nitrogens is 5. The fourth-order valence-electron chi connectivity index (χ4n) is 3.44. The number of carbonyl (C=O) groups excluding carboxylic acids is 1. The van der Waals surface area contributed by atoms with Crippen molar-refractivity contribution in [3.8, 4) is 28.8 Å². The molecule has 9 nitrogen and oxygen atoms in total. The first-order chi connectivity index (χ1) is 15.3. The predicted molar refractivity (Wildman–Crippen MR) is 105 cm³/mol. The summed E-state index contributed by atoms with van der Waals surface area (Å²) >= 11 is 0. The van der Waals surface area contributed by atoms with Crippen LogP contribution in [0.3, 0.4) is 0 Å². The van der Waals surface area contributed by atoms with Gasteiger partial charge in [-0.2, -0.15) is 4.57 Å². The van der Waals surface area contributed by atoms with Crippen LogP contribution in [-0.4, -0.2) is 35.5 Å². The van der Waals surface area contributed by atoms with Crippen molar-refractivity contribution in [1.29, 1.82) is 0 Å². The van der Waals surface area contributed by atoms with Crippen molar-refractivity contribution in [2.45, 2.75) is 6.92 Å². The standard InChI is InChI=1S/C21H13F2N5O4/c1-9-2-5-14(32-9)17(29)15-16(10-3-4-11(22)12(23)6-10)28(20(31)18(15)30)21-24-7-13-19(27-21)26-8-25-13/h2-8,30-31H,1H3,(H,24,25,26,27)/p+1.